The van der Waals surface area contributed by atoms with E-state index in [0.717, 1.165) is 25.9 Å². The predicted molar refractivity (Wildman–Crippen MR) is 67.0 cm³/mol. The number of hydrogen-bond donors (Lipinski definition) is 2. The fraction of sp³-hybridized carbons (Fsp3) is 0.923. The van der Waals surface area contributed by atoms with Gasteiger partial charge < -0.3 is 11.1 Å². The smallest absolute Gasteiger partial charge is 0.220 e. The van der Waals surface area contributed by atoms with E-state index in [4.69, 9.17) is 5.73 Å². The number of nitrogens with two attached hydrogens (primary N) is 1. The Bertz CT molecular complexity index is 238. The van der Waals surface area contributed by atoms with Crippen molar-refractivity contribution >= 4 is 5.91 Å². The molecule has 3 heteroatoms. The molecular weight excluding hydrogens is 200 g/mol. The largest absolute Gasteiger partial charge is 0.356 e. The zero-order valence-corrected chi connectivity index (χ0v) is 10.9. The monoisotopic (exact) mass is 226 g/mol. The third kappa shape index (κ3) is 4.52. The Kier molecular flexibility index (Phi) is 4.78. The fourth-order valence-electron chi connectivity index (χ4n) is 2.06. The molecule has 0 spiro atoms. The fourth-order valence-corrected chi connectivity index (χ4v) is 2.06. The third-order valence-electron chi connectivity index (χ3n) is 3.79. The maximum Gasteiger partial charge on any atom is 0.220 e. The maximum absolute atomic E-state index is 11.6. The minimum absolute atomic E-state index is 0.201. The van der Waals surface area contributed by atoms with Gasteiger partial charge in [-0.2, -0.15) is 0 Å². The lowest BCUT2D eigenvalue weighted by molar-refractivity contribution is -0.121. The molecule has 1 amide bonds. The normalized spacial score (nSPS) is 23.9. The molecule has 0 aromatic carbocycles. The Morgan fingerprint density at radius 3 is 2.62 bits per heavy atom. The van der Waals surface area contributed by atoms with Gasteiger partial charge in [-0.05, 0) is 43.1 Å². The van der Waals surface area contributed by atoms with Gasteiger partial charge in [-0.1, -0.05) is 20.8 Å². The van der Waals surface area contributed by atoms with E-state index < -0.39 is 0 Å². The van der Waals surface area contributed by atoms with Crippen molar-refractivity contribution in [1.82, 2.24) is 5.32 Å². The van der Waals surface area contributed by atoms with Crippen LogP contribution in [0.1, 0.15) is 46.5 Å². The molecule has 16 heavy (non-hydrogen) atoms. The number of rotatable bonds is 7. The molecule has 1 aliphatic carbocycles. The highest BCUT2D eigenvalue weighted by Gasteiger charge is 2.45. The number of amides is 1. The lowest BCUT2D eigenvalue weighted by Crippen LogP contribution is -2.26. The van der Waals surface area contributed by atoms with Gasteiger partial charge in [0.25, 0.3) is 0 Å². The van der Waals surface area contributed by atoms with Crippen LogP contribution in [0.15, 0.2) is 0 Å². The molecule has 94 valence electrons. The molecular formula is C13H26N2O. The molecule has 0 aromatic heterocycles. The van der Waals surface area contributed by atoms with Crippen molar-refractivity contribution in [2.75, 3.05) is 13.1 Å². The summed E-state index contributed by atoms with van der Waals surface area (Å²) in [7, 11) is 0. The zero-order chi connectivity index (χ0) is 12.2. The Labute approximate surface area is 99.2 Å². The van der Waals surface area contributed by atoms with Crippen molar-refractivity contribution < 1.29 is 4.79 Å². The summed E-state index contributed by atoms with van der Waals surface area (Å²) in [6, 6.07) is 0. The van der Waals surface area contributed by atoms with Crippen LogP contribution in [0.4, 0.5) is 0 Å². The van der Waals surface area contributed by atoms with E-state index in [9.17, 15) is 4.79 Å². The first-order chi connectivity index (χ1) is 7.45. The van der Waals surface area contributed by atoms with Crippen molar-refractivity contribution in [2.45, 2.75) is 46.5 Å². The Hall–Kier alpha value is -0.570. The first-order valence-electron chi connectivity index (χ1n) is 6.42. The predicted octanol–water partition coefficient (Wildman–Crippen LogP) is 1.91. The maximum atomic E-state index is 11.6. The van der Waals surface area contributed by atoms with E-state index in [1.807, 2.05) is 0 Å². The molecule has 0 aromatic rings. The number of carbonyl (C=O) groups is 1. The summed E-state index contributed by atoms with van der Waals surface area (Å²) < 4.78 is 0. The molecule has 3 N–H and O–H groups in total. The van der Waals surface area contributed by atoms with Crippen molar-refractivity contribution in [3.05, 3.63) is 0 Å². The molecule has 2 atom stereocenters. The van der Waals surface area contributed by atoms with Crippen LogP contribution in [0, 0.1) is 17.3 Å². The molecule has 3 nitrogen and oxygen atoms in total. The van der Waals surface area contributed by atoms with Gasteiger partial charge in [0.05, 0.1) is 0 Å². The van der Waals surface area contributed by atoms with E-state index in [1.165, 1.54) is 6.42 Å². The summed E-state index contributed by atoms with van der Waals surface area (Å²) >= 11 is 0. The number of nitrogens with one attached hydrogen (secondary N) is 1. The molecule has 1 rings (SSSR count). The zero-order valence-electron chi connectivity index (χ0n) is 10.9. The average molecular weight is 226 g/mol. The summed E-state index contributed by atoms with van der Waals surface area (Å²) in [4.78, 5) is 11.6. The number of hydrogen-bond acceptors (Lipinski definition) is 2. The highest BCUT2D eigenvalue weighted by atomic mass is 16.1. The van der Waals surface area contributed by atoms with Crippen molar-refractivity contribution in [3.63, 3.8) is 0 Å². The van der Waals surface area contributed by atoms with E-state index in [0.29, 0.717) is 23.7 Å². The summed E-state index contributed by atoms with van der Waals surface area (Å²) in [5.74, 6) is 1.46. The van der Waals surface area contributed by atoms with Gasteiger partial charge in [-0.15, -0.1) is 0 Å². The van der Waals surface area contributed by atoms with Gasteiger partial charge >= 0.3 is 0 Å². The highest BCUT2D eigenvalue weighted by molar-refractivity contribution is 5.75. The Morgan fingerprint density at radius 2 is 2.12 bits per heavy atom. The summed E-state index contributed by atoms with van der Waals surface area (Å²) in [6.07, 6.45) is 3.87. The molecule has 0 heterocycles. The molecule has 0 radical (unpaired) electrons. The second-order valence-electron chi connectivity index (χ2n) is 5.91. The summed E-state index contributed by atoms with van der Waals surface area (Å²) in [5, 5.41) is 3.03. The Morgan fingerprint density at radius 1 is 1.50 bits per heavy atom. The van der Waals surface area contributed by atoms with Crippen molar-refractivity contribution in [3.8, 4) is 0 Å². The second kappa shape index (κ2) is 5.67. The second-order valence-corrected chi connectivity index (χ2v) is 5.91. The quantitative estimate of drug-likeness (QED) is 0.697. The summed E-state index contributed by atoms with van der Waals surface area (Å²) in [5.41, 5.74) is 5.93. The summed E-state index contributed by atoms with van der Waals surface area (Å²) in [6.45, 7) is 8.25. The third-order valence-corrected chi connectivity index (χ3v) is 3.79. The van der Waals surface area contributed by atoms with Crippen LogP contribution in [0.5, 0.6) is 0 Å². The van der Waals surface area contributed by atoms with Crippen LogP contribution in [0.2, 0.25) is 0 Å². The van der Waals surface area contributed by atoms with Crippen LogP contribution in [-0.4, -0.2) is 19.0 Å². The van der Waals surface area contributed by atoms with Crippen LogP contribution < -0.4 is 11.1 Å². The SMILES string of the molecule is CC(CCN)CCC(=O)NCC1CC1(C)C. The molecule has 0 aliphatic heterocycles. The highest BCUT2D eigenvalue weighted by Crippen LogP contribution is 2.50. The molecule has 0 saturated heterocycles. The molecule has 0 bridgehead atoms. The van der Waals surface area contributed by atoms with Crippen LogP contribution in [-0.2, 0) is 4.79 Å². The lowest BCUT2D eigenvalue weighted by atomic mass is 10.0. The van der Waals surface area contributed by atoms with Crippen LogP contribution in [0.3, 0.4) is 0 Å². The van der Waals surface area contributed by atoms with Crippen molar-refractivity contribution in [2.24, 2.45) is 23.0 Å². The van der Waals surface area contributed by atoms with Gasteiger partial charge in [0, 0.05) is 13.0 Å². The number of carbonyl (C=O) groups excluding carboxylic acids is 1. The van der Waals surface area contributed by atoms with Gasteiger partial charge in [0.1, 0.15) is 0 Å². The first-order valence-corrected chi connectivity index (χ1v) is 6.42. The van der Waals surface area contributed by atoms with E-state index in [2.05, 4.69) is 26.1 Å². The van der Waals surface area contributed by atoms with E-state index in [-0.39, 0.29) is 5.91 Å². The van der Waals surface area contributed by atoms with Crippen LogP contribution in [0.25, 0.3) is 0 Å². The van der Waals surface area contributed by atoms with E-state index >= 15 is 0 Å². The molecule has 1 aliphatic rings. The van der Waals surface area contributed by atoms with Gasteiger partial charge in [-0.25, -0.2) is 0 Å². The van der Waals surface area contributed by atoms with Gasteiger partial charge in [-0.3, -0.25) is 4.79 Å². The van der Waals surface area contributed by atoms with Crippen molar-refractivity contribution in [1.29, 1.82) is 0 Å². The van der Waals surface area contributed by atoms with E-state index in [1.54, 1.807) is 0 Å². The van der Waals surface area contributed by atoms with Gasteiger partial charge in [0.15, 0.2) is 0 Å². The first kappa shape index (κ1) is 13.5. The minimum atomic E-state index is 0.201. The molecule has 2 unspecified atom stereocenters. The van der Waals surface area contributed by atoms with Gasteiger partial charge in [0.2, 0.25) is 5.91 Å². The molecule has 1 fully saturated rings. The topological polar surface area (TPSA) is 55.1 Å². The lowest BCUT2D eigenvalue weighted by Gasteiger charge is -2.10. The average Bonchev–Trinajstić information content (AvgIpc) is 2.81. The standard InChI is InChI=1S/C13H26N2O/c1-10(6-7-14)4-5-12(16)15-9-11-8-13(11,2)3/h10-11H,4-9,14H2,1-3H3,(H,15,16). The Balaban J connectivity index is 2.03. The van der Waals surface area contributed by atoms with Crippen LogP contribution >= 0.6 is 0 Å². The molecule has 1 saturated carbocycles. The minimum Gasteiger partial charge on any atom is -0.356 e.